The zero-order chi connectivity index (χ0) is 14.2. The van der Waals surface area contributed by atoms with Crippen molar-refractivity contribution in [3.8, 4) is 0 Å². The van der Waals surface area contributed by atoms with Gasteiger partial charge in [-0.1, -0.05) is 47.5 Å². The highest BCUT2D eigenvalue weighted by atomic mass is 28.4. The molecule has 0 N–H and O–H groups in total. The first-order valence-electron chi connectivity index (χ1n) is 7.72. The molecule has 0 aromatic heterocycles. The Morgan fingerprint density at radius 3 is 1.33 bits per heavy atom. The maximum Gasteiger partial charge on any atom is 0.289 e. The molecule has 0 aromatic rings. The smallest absolute Gasteiger partial charge is 0.289 e. The number of unbranched alkanes of at least 4 members (excludes halogenated alkanes) is 1. The summed E-state index contributed by atoms with van der Waals surface area (Å²) in [6.45, 7) is 16.2. The minimum absolute atomic E-state index is 1.17. The first kappa shape index (κ1) is 18.1. The highest BCUT2D eigenvalue weighted by Crippen LogP contribution is 2.25. The lowest BCUT2D eigenvalue weighted by Gasteiger charge is -2.51. The molecule has 0 saturated carbocycles. The lowest BCUT2D eigenvalue weighted by Crippen LogP contribution is -2.73. The molecule has 0 unspecified atom stereocenters. The molecule has 0 aliphatic carbocycles. The van der Waals surface area contributed by atoms with Crippen LogP contribution in [0.2, 0.25) is 6.04 Å². The van der Waals surface area contributed by atoms with Crippen LogP contribution in [0.5, 0.6) is 0 Å². The Bertz CT molecular complexity index is 189. The molecule has 0 amide bonds. The van der Waals surface area contributed by atoms with Crippen molar-refractivity contribution in [2.24, 2.45) is 0 Å². The van der Waals surface area contributed by atoms with Crippen molar-refractivity contribution in [2.45, 2.75) is 53.5 Å². The molecule has 110 valence electrons. The topological polar surface area (TPSA) is 9.72 Å². The quantitative estimate of drug-likeness (QED) is 0.567. The second-order valence-corrected chi connectivity index (χ2v) is 9.32. The fraction of sp³-hybridized carbons (Fsp3) is 1.00. The third-order valence-electron chi connectivity index (χ3n) is 4.12. The Morgan fingerprint density at radius 2 is 1.11 bits per heavy atom. The molecule has 0 fully saturated rings. The fourth-order valence-corrected chi connectivity index (χ4v) is 8.64. The second kappa shape index (κ2) is 9.07. The molecule has 0 bridgehead atoms. The van der Waals surface area contributed by atoms with Crippen LogP contribution in [-0.4, -0.2) is 62.5 Å². The summed E-state index contributed by atoms with van der Waals surface area (Å²) in [5, 5.41) is 0. The van der Waals surface area contributed by atoms with E-state index in [-0.39, 0.29) is 0 Å². The molecule has 0 saturated heterocycles. The molecule has 0 aliphatic rings. The predicted octanol–water partition coefficient (Wildman–Crippen LogP) is 2.97. The lowest BCUT2D eigenvalue weighted by atomic mass is 10.4. The summed E-state index contributed by atoms with van der Waals surface area (Å²) in [7, 11) is 2.93. The number of rotatable bonds is 10. The van der Waals surface area contributed by atoms with Crippen molar-refractivity contribution in [1.82, 2.24) is 13.7 Å². The monoisotopic (exact) mass is 273 g/mol. The Hall–Kier alpha value is 0.0969. The average molecular weight is 274 g/mol. The second-order valence-electron chi connectivity index (χ2n) is 5.12. The van der Waals surface area contributed by atoms with E-state index in [1.807, 2.05) is 0 Å². The van der Waals surface area contributed by atoms with E-state index in [0.717, 1.165) is 0 Å². The van der Waals surface area contributed by atoms with Crippen molar-refractivity contribution < 1.29 is 0 Å². The van der Waals surface area contributed by atoms with Crippen LogP contribution in [0.25, 0.3) is 0 Å². The molecular weight excluding hydrogens is 238 g/mol. The SMILES string of the molecule is CCCC[Si](N(C)C)(N(CC)CC)N(CC)CC. The van der Waals surface area contributed by atoms with Gasteiger partial charge in [-0.3, -0.25) is 9.13 Å². The zero-order valence-electron chi connectivity index (χ0n) is 13.8. The molecule has 18 heavy (non-hydrogen) atoms. The van der Waals surface area contributed by atoms with Crippen molar-refractivity contribution in [1.29, 1.82) is 0 Å². The van der Waals surface area contributed by atoms with Gasteiger partial charge in [0.05, 0.1) is 0 Å². The van der Waals surface area contributed by atoms with E-state index in [2.05, 4.69) is 62.4 Å². The van der Waals surface area contributed by atoms with Gasteiger partial charge in [0, 0.05) is 0 Å². The van der Waals surface area contributed by atoms with Crippen LogP contribution in [0.15, 0.2) is 0 Å². The van der Waals surface area contributed by atoms with E-state index in [1.165, 1.54) is 45.1 Å². The van der Waals surface area contributed by atoms with Gasteiger partial charge in [-0.25, -0.2) is 0 Å². The number of hydrogen-bond donors (Lipinski definition) is 0. The minimum Gasteiger partial charge on any atom is -0.305 e. The van der Waals surface area contributed by atoms with Crippen LogP contribution in [-0.2, 0) is 0 Å². The Morgan fingerprint density at radius 1 is 0.722 bits per heavy atom. The van der Waals surface area contributed by atoms with Gasteiger partial charge in [0.15, 0.2) is 0 Å². The normalized spacial score (nSPS) is 13.0. The minimum atomic E-state index is -1.65. The van der Waals surface area contributed by atoms with E-state index in [9.17, 15) is 0 Å². The molecule has 0 aromatic carbocycles. The maximum atomic E-state index is 2.75. The van der Waals surface area contributed by atoms with Gasteiger partial charge in [0.2, 0.25) is 0 Å². The summed E-state index contributed by atoms with van der Waals surface area (Å²) in [5.74, 6) is 0. The first-order valence-corrected chi connectivity index (χ1v) is 9.77. The highest BCUT2D eigenvalue weighted by Gasteiger charge is 2.45. The van der Waals surface area contributed by atoms with Crippen LogP contribution < -0.4 is 0 Å². The molecular formula is C14H35N3Si. The summed E-state index contributed by atoms with van der Waals surface area (Å²) < 4.78 is 8.05. The van der Waals surface area contributed by atoms with Gasteiger partial charge in [-0.2, -0.15) is 0 Å². The Labute approximate surface area is 116 Å². The van der Waals surface area contributed by atoms with Gasteiger partial charge in [-0.15, -0.1) is 0 Å². The standard InChI is InChI=1S/C14H35N3Si/c1-8-13-14-18(15(6)7,16(9-2)10-3)17(11-4)12-5/h8-14H2,1-7H3. The van der Waals surface area contributed by atoms with Crippen LogP contribution in [0.3, 0.4) is 0 Å². The summed E-state index contributed by atoms with van der Waals surface area (Å²) in [6, 6.07) is 1.36. The Balaban J connectivity index is 5.38. The third-order valence-corrected chi connectivity index (χ3v) is 9.87. The summed E-state index contributed by atoms with van der Waals surface area (Å²) >= 11 is 0. The molecule has 0 radical (unpaired) electrons. The van der Waals surface area contributed by atoms with Gasteiger partial charge in [0.25, 0.3) is 8.56 Å². The molecule has 0 heterocycles. The number of nitrogens with zero attached hydrogens (tertiary/aromatic N) is 3. The lowest BCUT2D eigenvalue weighted by molar-refractivity contribution is 0.287. The van der Waals surface area contributed by atoms with Gasteiger partial charge >= 0.3 is 0 Å². The highest BCUT2D eigenvalue weighted by molar-refractivity contribution is 6.71. The van der Waals surface area contributed by atoms with E-state index in [1.54, 1.807) is 0 Å². The van der Waals surface area contributed by atoms with Crippen LogP contribution in [0, 0.1) is 0 Å². The Kier molecular flexibility index (Phi) is 9.12. The van der Waals surface area contributed by atoms with Gasteiger partial charge in [-0.05, 0) is 46.3 Å². The van der Waals surface area contributed by atoms with E-state index >= 15 is 0 Å². The van der Waals surface area contributed by atoms with Crippen molar-refractivity contribution in [3.05, 3.63) is 0 Å². The molecule has 4 heteroatoms. The first-order chi connectivity index (χ1) is 8.54. The average Bonchev–Trinajstić information content (AvgIpc) is 2.37. The van der Waals surface area contributed by atoms with Crippen LogP contribution in [0.1, 0.15) is 47.5 Å². The third kappa shape index (κ3) is 3.79. The van der Waals surface area contributed by atoms with E-state index in [0.29, 0.717) is 0 Å². The summed E-state index contributed by atoms with van der Waals surface area (Å²) in [5.41, 5.74) is 0. The predicted molar refractivity (Wildman–Crippen MR) is 85.0 cm³/mol. The van der Waals surface area contributed by atoms with Crippen molar-refractivity contribution in [3.63, 3.8) is 0 Å². The van der Waals surface area contributed by atoms with E-state index in [4.69, 9.17) is 0 Å². The largest absolute Gasteiger partial charge is 0.305 e. The number of hydrogen-bond acceptors (Lipinski definition) is 3. The molecule has 3 nitrogen and oxygen atoms in total. The van der Waals surface area contributed by atoms with Gasteiger partial charge in [0.1, 0.15) is 0 Å². The summed E-state index contributed by atoms with van der Waals surface area (Å²) in [6.07, 6.45) is 2.64. The summed E-state index contributed by atoms with van der Waals surface area (Å²) in [4.78, 5) is 0. The molecule has 0 spiro atoms. The zero-order valence-corrected chi connectivity index (χ0v) is 14.8. The van der Waals surface area contributed by atoms with Crippen molar-refractivity contribution >= 4 is 8.56 Å². The van der Waals surface area contributed by atoms with Gasteiger partial charge < -0.3 is 4.57 Å². The van der Waals surface area contributed by atoms with E-state index < -0.39 is 8.56 Å². The maximum absolute atomic E-state index is 2.75. The fourth-order valence-electron chi connectivity index (χ4n) is 3.18. The molecule has 0 atom stereocenters. The van der Waals surface area contributed by atoms with Crippen molar-refractivity contribution in [2.75, 3.05) is 40.3 Å². The van der Waals surface area contributed by atoms with Crippen LogP contribution >= 0.6 is 0 Å². The molecule has 0 aliphatic heterocycles. The molecule has 0 rings (SSSR count). The van der Waals surface area contributed by atoms with Crippen LogP contribution in [0.4, 0.5) is 0 Å².